The zero-order valence-corrected chi connectivity index (χ0v) is 9.56. The third kappa shape index (κ3) is 2.29. The van der Waals surface area contributed by atoms with Gasteiger partial charge in [0.05, 0.1) is 5.70 Å². The van der Waals surface area contributed by atoms with E-state index in [1.165, 1.54) is 0 Å². The fourth-order valence-electron chi connectivity index (χ4n) is 2.15. The fraction of sp³-hybridized carbons (Fsp3) is 0.286. The predicted molar refractivity (Wildman–Crippen MR) is 65.4 cm³/mol. The standard InChI is InChI=1S/C14H13N3/c15-10-13(11-16)14(17-8-4-5-9-17)12-6-2-1-3-7-12/h1-3,6-7H,4-5,8-9H2. The van der Waals surface area contributed by atoms with Crippen molar-refractivity contribution < 1.29 is 0 Å². The Balaban J connectivity index is 2.49. The molecule has 0 aliphatic carbocycles. The van der Waals surface area contributed by atoms with Gasteiger partial charge in [0.15, 0.2) is 5.57 Å². The van der Waals surface area contributed by atoms with Crippen LogP contribution in [0.25, 0.3) is 5.70 Å². The summed E-state index contributed by atoms with van der Waals surface area (Å²) in [6.07, 6.45) is 2.25. The van der Waals surface area contributed by atoms with Crippen LogP contribution in [0.4, 0.5) is 0 Å². The summed E-state index contributed by atoms with van der Waals surface area (Å²) in [4.78, 5) is 2.14. The maximum atomic E-state index is 9.06. The van der Waals surface area contributed by atoms with E-state index in [1.54, 1.807) is 0 Å². The van der Waals surface area contributed by atoms with Crippen molar-refractivity contribution in [3.8, 4) is 12.1 Å². The normalized spacial score (nSPS) is 13.9. The van der Waals surface area contributed by atoms with Crippen LogP contribution in [0, 0.1) is 22.7 Å². The second-order valence-electron chi connectivity index (χ2n) is 4.01. The Hall–Kier alpha value is -2.26. The Morgan fingerprint density at radius 2 is 1.59 bits per heavy atom. The summed E-state index contributed by atoms with van der Waals surface area (Å²) in [6.45, 7) is 1.86. The highest BCUT2D eigenvalue weighted by atomic mass is 15.2. The van der Waals surface area contributed by atoms with Gasteiger partial charge in [-0.05, 0) is 18.4 Å². The molecule has 84 valence electrons. The molecule has 0 saturated carbocycles. The number of hydrogen-bond donors (Lipinski definition) is 0. The maximum Gasteiger partial charge on any atom is 0.153 e. The SMILES string of the molecule is N#CC(C#N)=C(c1ccccc1)N1CCCC1. The summed E-state index contributed by atoms with van der Waals surface area (Å²) in [5, 5.41) is 18.1. The second kappa shape index (κ2) is 5.18. The summed E-state index contributed by atoms with van der Waals surface area (Å²) < 4.78 is 0. The van der Waals surface area contributed by atoms with Crippen LogP contribution in [0.1, 0.15) is 18.4 Å². The van der Waals surface area contributed by atoms with E-state index in [1.807, 2.05) is 42.5 Å². The summed E-state index contributed by atoms with van der Waals surface area (Å²) >= 11 is 0. The van der Waals surface area contributed by atoms with Gasteiger partial charge in [0.2, 0.25) is 0 Å². The molecule has 17 heavy (non-hydrogen) atoms. The first-order valence-electron chi connectivity index (χ1n) is 5.71. The van der Waals surface area contributed by atoms with Crippen molar-refractivity contribution >= 4 is 5.70 Å². The van der Waals surface area contributed by atoms with Gasteiger partial charge in [-0.15, -0.1) is 0 Å². The van der Waals surface area contributed by atoms with Gasteiger partial charge >= 0.3 is 0 Å². The van der Waals surface area contributed by atoms with Crippen LogP contribution in [0.5, 0.6) is 0 Å². The second-order valence-corrected chi connectivity index (χ2v) is 4.01. The number of nitrogens with zero attached hydrogens (tertiary/aromatic N) is 3. The Kier molecular flexibility index (Phi) is 3.43. The minimum atomic E-state index is 0.207. The molecule has 1 heterocycles. The van der Waals surface area contributed by atoms with Crippen molar-refractivity contribution in [3.05, 3.63) is 41.5 Å². The molecule has 3 nitrogen and oxygen atoms in total. The van der Waals surface area contributed by atoms with Gasteiger partial charge in [-0.2, -0.15) is 10.5 Å². The first-order chi connectivity index (χ1) is 8.36. The van der Waals surface area contributed by atoms with Crippen LogP contribution >= 0.6 is 0 Å². The van der Waals surface area contributed by atoms with Crippen molar-refractivity contribution in [2.45, 2.75) is 12.8 Å². The largest absolute Gasteiger partial charge is 0.369 e. The van der Waals surface area contributed by atoms with E-state index in [0.717, 1.165) is 37.2 Å². The third-order valence-corrected chi connectivity index (χ3v) is 2.93. The van der Waals surface area contributed by atoms with E-state index in [4.69, 9.17) is 10.5 Å². The molecule has 1 fully saturated rings. The zero-order valence-electron chi connectivity index (χ0n) is 9.56. The van der Waals surface area contributed by atoms with Crippen molar-refractivity contribution in [3.63, 3.8) is 0 Å². The highest BCUT2D eigenvalue weighted by molar-refractivity contribution is 5.74. The molecule has 1 aromatic rings. The van der Waals surface area contributed by atoms with Gasteiger partial charge in [0, 0.05) is 13.1 Å². The van der Waals surface area contributed by atoms with Crippen LogP contribution in [0.2, 0.25) is 0 Å². The van der Waals surface area contributed by atoms with Crippen LogP contribution in [0.15, 0.2) is 35.9 Å². The number of hydrogen-bond acceptors (Lipinski definition) is 3. The Morgan fingerprint density at radius 3 is 2.12 bits per heavy atom. The molecular formula is C14H13N3. The molecule has 0 spiro atoms. The number of rotatable bonds is 2. The summed E-state index contributed by atoms with van der Waals surface area (Å²) in [6, 6.07) is 13.7. The average Bonchev–Trinajstić information content (AvgIpc) is 2.90. The van der Waals surface area contributed by atoms with E-state index < -0.39 is 0 Å². The Morgan fingerprint density at radius 1 is 1.00 bits per heavy atom. The first-order valence-corrected chi connectivity index (χ1v) is 5.71. The number of allylic oxidation sites excluding steroid dienone is 1. The lowest BCUT2D eigenvalue weighted by atomic mass is 10.1. The van der Waals surface area contributed by atoms with Crippen molar-refractivity contribution in [2.75, 3.05) is 13.1 Å². The smallest absolute Gasteiger partial charge is 0.153 e. The number of likely N-dealkylation sites (tertiary alicyclic amines) is 1. The summed E-state index contributed by atoms with van der Waals surface area (Å²) in [7, 11) is 0. The van der Waals surface area contributed by atoms with E-state index in [0.29, 0.717) is 0 Å². The molecule has 1 aliphatic rings. The van der Waals surface area contributed by atoms with Crippen LogP contribution in [-0.2, 0) is 0 Å². The van der Waals surface area contributed by atoms with Gasteiger partial charge in [-0.25, -0.2) is 0 Å². The molecule has 0 bridgehead atoms. The van der Waals surface area contributed by atoms with Crippen LogP contribution < -0.4 is 0 Å². The maximum absolute atomic E-state index is 9.06. The van der Waals surface area contributed by atoms with E-state index >= 15 is 0 Å². The van der Waals surface area contributed by atoms with E-state index in [9.17, 15) is 0 Å². The van der Waals surface area contributed by atoms with Gasteiger partial charge in [-0.1, -0.05) is 30.3 Å². The highest BCUT2D eigenvalue weighted by Gasteiger charge is 2.20. The Labute approximate surface area is 101 Å². The quantitative estimate of drug-likeness (QED) is 0.724. The lowest BCUT2D eigenvalue weighted by molar-refractivity contribution is 0.492. The molecule has 0 N–H and O–H groups in total. The predicted octanol–water partition coefficient (Wildman–Crippen LogP) is 2.54. The van der Waals surface area contributed by atoms with E-state index in [-0.39, 0.29) is 5.57 Å². The average molecular weight is 223 g/mol. The lowest BCUT2D eigenvalue weighted by Gasteiger charge is -2.21. The van der Waals surface area contributed by atoms with Gasteiger partial charge in [-0.3, -0.25) is 0 Å². The summed E-state index contributed by atoms with van der Waals surface area (Å²) in [5.74, 6) is 0. The molecule has 1 saturated heterocycles. The molecule has 1 aromatic carbocycles. The number of benzene rings is 1. The van der Waals surface area contributed by atoms with Crippen molar-refractivity contribution in [1.82, 2.24) is 4.90 Å². The minimum absolute atomic E-state index is 0.207. The minimum Gasteiger partial charge on any atom is -0.369 e. The molecule has 1 aliphatic heterocycles. The fourth-order valence-corrected chi connectivity index (χ4v) is 2.15. The molecule has 0 amide bonds. The molecule has 0 unspecified atom stereocenters. The third-order valence-electron chi connectivity index (χ3n) is 2.93. The molecule has 0 radical (unpaired) electrons. The van der Waals surface area contributed by atoms with E-state index in [2.05, 4.69) is 4.90 Å². The molecule has 3 heteroatoms. The molecule has 2 rings (SSSR count). The van der Waals surface area contributed by atoms with Crippen molar-refractivity contribution in [1.29, 1.82) is 10.5 Å². The van der Waals surface area contributed by atoms with Crippen LogP contribution in [0.3, 0.4) is 0 Å². The van der Waals surface area contributed by atoms with Gasteiger partial charge < -0.3 is 4.90 Å². The monoisotopic (exact) mass is 223 g/mol. The molecular weight excluding hydrogens is 210 g/mol. The zero-order chi connectivity index (χ0) is 12.1. The van der Waals surface area contributed by atoms with Crippen molar-refractivity contribution in [2.24, 2.45) is 0 Å². The Bertz CT molecular complexity index is 481. The highest BCUT2D eigenvalue weighted by Crippen LogP contribution is 2.26. The van der Waals surface area contributed by atoms with Crippen LogP contribution in [-0.4, -0.2) is 18.0 Å². The van der Waals surface area contributed by atoms with Gasteiger partial charge in [0.1, 0.15) is 12.1 Å². The number of nitriles is 2. The molecule has 0 atom stereocenters. The summed E-state index contributed by atoms with van der Waals surface area (Å²) in [5.41, 5.74) is 1.94. The topological polar surface area (TPSA) is 50.8 Å². The first kappa shape index (κ1) is 11.2. The lowest BCUT2D eigenvalue weighted by Crippen LogP contribution is -2.18. The van der Waals surface area contributed by atoms with Gasteiger partial charge in [0.25, 0.3) is 0 Å². The molecule has 0 aromatic heterocycles.